The van der Waals surface area contributed by atoms with Crippen molar-refractivity contribution in [3.8, 4) is 5.75 Å². The van der Waals surface area contributed by atoms with Gasteiger partial charge in [-0.3, -0.25) is 9.69 Å². The van der Waals surface area contributed by atoms with Crippen LogP contribution in [0.25, 0.3) is 0 Å². The van der Waals surface area contributed by atoms with Gasteiger partial charge < -0.3 is 15.2 Å². The highest BCUT2D eigenvalue weighted by Gasteiger charge is 2.24. The van der Waals surface area contributed by atoms with Crippen LogP contribution in [0.3, 0.4) is 0 Å². The lowest BCUT2D eigenvalue weighted by atomic mass is 10.2. The van der Waals surface area contributed by atoms with Gasteiger partial charge in [0.15, 0.2) is 6.61 Å². The van der Waals surface area contributed by atoms with Crippen molar-refractivity contribution in [3.63, 3.8) is 0 Å². The maximum atomic E-state index is 11.4. The van der Waals surface area contributed by atoms with Crippen LogP contribution in [0.4, 0.5) is 11.4 Å². The van der Waals surface area contributed by atoms with Crippen LogP contribution in [0.2, 0.25) is 0 Å². The second kappa shape index (κ2) is 3.78. The molecular weight excluding hydrogens is 196 g/mol. The predicted octanol–water partition coefficient (Wildman–Crippen LogP) is 0.403. The molecule has 15 heavy (non-hydrogen) atoms. The van der Waals surface area contributed by atoms with Gasteiger partial charge in [-0.1, -0.05) is 0 Å². The van der Waals surface area contributed by atoms with E-state index < -0.39 is 0 Å². The van der Waals surface area contributed by atoms with Gasteiger partial charge in [-0.2, -0.15) is 0 Å². The minimum absolute atomic E-state index is 0.0214. The molecule has 1 heterocycles. The molecule has 0 aromatic heterocycles. The molecule has 2 rings (SSSR count). The van der Waals surface area contributed by atoms with Crippen LogP contribution in [0.1, 0.15) is 0 Å². The Morgan fingerprint density at radius 3 is 3.07 bits per heavy atom. The van der Waals surface area contributed by atoms with Gasteiger partial charge >= 0.3 is 0 Å². The van der Waals surface area contributed by atoms with Gasteiger partial charge in [-0.15, -0.1) is 0 Å². The number of anilines is 2. The topological polar surface area (TPSA) is 61.8 Å². The Labute approximate surface area is 87.3 Å². The SMILES string of the molecule is CNc1ccc2c(c1)N(CO)C(=O)CO2. The molecule has 1 aliphatic heterocycles. The van der Waals surface area contributed by atoms with Gasteiger partial charge in [0, 0.05) is 12.7 Å². The van der Waals surface area contributed by atoms with Crippen LogP contribution in [-0.2, 0) is 4.79 Å². The summed E-state index contributed by atoms with van der Waals surface area (Å²) in [5, 5.41) is 12.1. The number of ether oxygens (including phenoxy) is 1. The van der Waals surface area contributed by atoms with E-state index >= 15 is 0 Å². The molecular formula is C10H12N2O3. The molecule has 1 aromatic rings. The number of rotatable bonds is 2. The van der Waals surface area contributed by atoms with Crippen molar-refractivity contribution in [3.05, 3.63) is 18.2 Å². The molecule has 2 N–H and O–H groups in total. The molecule has 0 unspecified atom stereocenters. The lowest BCUT2D eigenvalue weighted by Gasteiger charge is -2.27. The second-order valence-electron chi connectivity index (χ2n) is 3.18. The number of benzene rings is 1. The zero-order valence-corrected chi connectivity index (χ0v) is 8.36. The maximum absolute atomic E-state index is 11.4. The first-order chi connectivity index (χ1) is 7.26. The Hall–Kier alpha value is -1.75. The van der Waals surface area contributed by atoms with Gasteiger partial charge in [0.1, 0.15) is 12.5 Å². The normalized spacial score (nSPS) is 14.5. The number of aliphatic hydroxyl groups is 1. The molecule has 0 atom stereocenters. The van der Waals surface area contributed by atoms with E-state index in [1.165, 1.54) is 4.90 Å². The monoisotopic (exact) mass is 208 g/mol. The van der Waals surface area contributed by atoms with Gasteiger partial charge in [0.25, 0.3) is 5.91 Å². The van der Waals surface area contributed by atoms with Crippen molar-refractivity contribution in [2.45, 2.75) is 0 Å². The molecule has 0 aliphatic carbocycles. The van der Waals surface area contributed by atoms with E-state index in [2.05, 4.69) is 5.32 Å². The highest BCUT2D eigenvalue weighted by atomic mass is 16.5. The fourth-order valence-electron chi connectivity index (χ4n) is 1.51. The Bertz CT molecular complexity index is 392. The van der Waals surface area contributed by atoms with Gasteiger partial charge in [-0.05, 0) is 18.2 Å². The third-order valence-corrected chi connectivity index (χ3v) is 2.33. The van der Waals surface area contributed by atoms with Crippen LogP contribution in [0, 0.1) is 0 Å². The average Bonchev–Trinajstić information content (AvgIpc) is 2.28. The number of hydrogen-bond donors (Lipinski definition) is 2. The lowest BCUT2D eigenvalue weighted by Crippen LogP contribution is -2.39. The van der Waals surface area contributed by atoms with Gasteiger partial charge in [-0.25, -0.2) is 0 Å². The zero-order valence-electron chi connectivity index (χ0n) is 8.36. The summed E-state index contributed by atoms with van der Waals surface area (Å²) in [4.78, 5) is 12.7. The third-order valence-electron chi connectivity index (χ3n) is 2.33. The third kappa shape index (κ3) is 1.61. The predicted molar refractivity (Wildman–Crippen MR) is 56.1 cm³/mol. The highest BCUT2D eigenvalue weighted by Crippen LogP contribution is 2.33. The van der Waals surface area contributed by atoms with E-state index in [1.807, 2.05) is 6.07 Å². The summed E-state index contributed by atoms with van der Waals surface area (Å²) in [6, 6.07) is 5.39. The smallest absolute Gasteiger partial charge is 0.266 e. The van der Waals surface area contributed by atoms with E-state index in [-0.39, 0.29) is 19.2 Å². The Balaban J connectivity index is 2.45. The van der Waals surface area contributed by atoms with Crippen molar-refractivity contribution in [2.24, 2.45) is 0 Å². The zero-order chi connectivity index (χ0) is 10.8. The molecule has 0 saturated carbocycles. The molecule has 1 amide bonds. The average molecular weight is 208 g/mol. The fourth-order valence-corrected chi connectivity index (χ4v) is 1.51. The van der Waals surface area contributed by atoms with Crippen molar-refractivity contribution in [2.75, 3.05) is 30.6 Å². The minimum atomic E-state index is -0.331. The number of amides is 1. The summed E-state index contributed by atoms with van der Waals surface area (Å²) in [6.07, 6.45) is 0. The Kier molecular flexibility index (Phi) is 2.47. The van der Waals surface area contributed by atoms with Gasteiger partial charge in [0.2, 0.25) is 0 Å². The number of nitrogens with one attached hydrogen (secondary N) is 1. The minimum Gasteiger partial charge on any atom is -0.482 e. The molecule has 0 bridgehead atoms. The molecule has 1 aromatic carbocycles. The van der Waals surface area contributed by atoms with Crippen molar-refractivity contribution in [1.29, 1.82) is 0 Å². The number of carbonyl (C=O) groups excluding carboxylic acids is 1. The van der Waals surface area contributed by atoms with E-state index in [4.69, 9.17) is 9.84 Å². The molecule has 0 spiro atoms. The summed E-state index contributed by atoms with van der Waals surface area (Å²) in [6.45, 7) is -0.352. The first-order valence-electron chi connectivity index (χ1n) is 4.62. The van der Waals surface area contributed by atoms with E-state index in [1.54, 1.807) is 19.2 Å². The van der Waals surface area contributed by atoms with Gasteiger partial charge in [0.05, 0.1) is 5.69 Å². The van der Waals surface area contributed by atoms with Crippen LogP contribution in [0.5, 0.6) is 5.75 Å². The standard InChI is InChI=1S/C10H12N2O3/c1-11-7-2-3-9-8(4-7)12(6-13)10(14)5-15-9/h2-4,11,13H,5-6H2,1H3. The Morgan fingerprint density at radius 2 is 2.40 bits per heavy atom. The summed E-state index contributed by atoms with van der Waals surface area (Å²) in [7, 11) is 1.79. The van der Waals surface area contributed by atoms with E-state index in [0.29, 0.717) is 11.4 Å². The van der Waals surface area contributed by atoms with Crippen molar-refractivity contribution < 1.29 is 14.6 Å². The quantitative estimate of drug-likeness (QED) is 0.738. The molecule has 5 nitrogen and oxygen atoms in total. The Morgan fingerprint density at radius 1 is 1.60 bits per heavy atom. The molecule has 0 fully saturated rings. The number of nitrogens with zero attached hydrogens (tertiary/aromatic N) is 1. The first kappa shape index (κ1) is 9.79. The van der Waals surface area contributed by atoms with E-state index in [0.717, 1.165) is 5.69 Å². The summed E-state index contributed by atoms with van der Waals surface area (Å²) >= 11 is 0. The van der Waals surface area contributed by atoms with Crippen LogP contribution >= 0.6 is 0 Å². The molecule has 5 heteroatoms. The molecule has 0 saturated heterocycles. The highest BCUT2D eigenvalue weighted by molar-refractivity contribution is 5.98. The molecule has 1 aliphatic rings. The molecule has 0 radical (unpaired) electrons. The van der Waals surface area contributed by atoms with E-state index in [9.17, 15) is 4.79 Å². The summed E-state index contributed by atoms with van der Waals surface area (Å²) < 4.78 is 5.24. The van der Waals surface area contributed by atoms with Crippen molar-refractivity contribution in [1.82, 2.24) is 0 Å². The molecule has 80 valence electrons. The van der Waals surface area contributed by atoms with Crippen LogP contribution < -0.4 is 15.0 Å². The second-order valence-corrected chi connectivity index (χ2v) is 3.18. The van der Waals surface area contributed by atoms with Crippen molar-refractivity contribution >= 4 is 17.3 Å². The van der Waals surface area contributed by atoms with Crippen LogP contribution in [-0.4, -0.2) is 31.4 Å². The number of fused-ring (bicyclic) bond motifs is 1. The largest absolute Gasteiger partial charge is 0.482 e. The summed E-state index contributed by atoms with van der Waals surface area (Å²) in [5.74, 6) is 0.376. The lowest BCUT2D eigenvalue weighted by molar-refractivity contribution is -0.122. The first-order valence-corrected chi connectivity index (χ1v) is 4.62. The van der Waals surface area contributed by atoms with Crippen LogP contribution in [0.15, 0.2) is 18.2 Å². The number of aliphatic hydroxyl groups excluding tert-OH is 1. The fraction of sp³-hybridized carbons (Fsp3) is 0.300. The number of carbonyl (C=O) groups is 1. The summed E-state index contributed by atoms with van der Waals surface area (Å²) in [5.41, 5.74) is 1.46. The number of hydrogen-bond acceptors (Lipinski definition) is 4. The maximum Gasteiger partial charge on any atom is 0.266 e.